The Morgan fingerprint density at radius 3 is 2.45 bits per heavy atom. The molecule has 1 N–H and O–H groups in total. The highest BCUT2D eigenvalue weighted by Gasteiger charge is 2.01. The average Bonchev–Trinajstić information content (AvgIpc) is 2.00. The normalized spacial score (nSPS) is 13.9. The first kappa shape index (κ1) is 10.9. The van der Waals surface area contributed by atoms with Crippen LogP contribution in [-0.2, 0) is 0 Å². The molecule has 0 saturated heterocycles. The van der Waals surface area contributed by atoms with E-state index in [1.54, 1.807) is 0 Å². The van der Waals surface area contributed by atoms with Crippen molar-refractivity contribution in [2.24, 2.45) is 0 Å². The Morgan fingerprint density at radius 2 is 2.00 bits per heavy atom. The third kappa shape index (κ3) is 6.32. The Labute approximate surface area is 71.0 Å². The van der Waals surface area contributed by atoms with Crippen LogP contribution in [0.25, 0.3) is 0 Å². The van der Waals surface area contributed by atoms with Crippen LogP contribution >= 0.6 is 0 Å². The summed E-state index contributed by atoms with van der Waals surface area (Å²) in [6.45, 7) is 10.0. The molecule has 11 heavy (non-hydrogen) atoms. The van der Waals surface area contributed by atoms with Crippen molar-refractivity contribution in [1.29, 1.82) is 0 Å². The highest BCUT2D eigenvalue weighted by molar-refractivity contribution is 4.63. The number of likely N-dealkylation sites (N-methyl/N-ethyl adjacent to an activating group) is 1. The minimum Gasteiger partial charge on any atom is -0.313 e. The molecule has 0 aliphatic heterocycles. The highest BCUT2D eigenvalue weighted by Crippen LogP contribution is 1.87. The zero-order chi connectivity index (χ0) is 8.69. The summed E-state index contributed by atoms with van der Waals surface area (Å²) >= 11 is 0. The van der Waals surface area contributed by atoms with Gasteiger partial charge in [-0.2, -0.15) is 0 Å². The van der Waals surface area contributed by atoms with Gasteiger partial charge in [0.2, 0.25) is 0 Å². The van der Waals surface area contributed by atoms with E-state index in [2.05, 4.69) is 38.0 Å². The molecule has 0 aromatic heterocycles. The molecule has 0 aromatic carbocycles. The highest BCUT2D eigenvalue weighted by atomic mass is 15.1. The Bertz CT molecular complexity index is 83.6. The van der Waals surface area contributed by atoms with Gasteiger partial charge in [-0.3, -0.25) is 0 Å². The van der Waals surface area contributed by atoms with Gasteiger partial charge in [-0.1, -0.05) is 13.8 Å². The lowest BCUT2D eigenvalue weighted by Gasteiger charge is -2.20. The van der Waals surface area contributed by atoms with Gasteiger partial charge >= 0.3 is 0 Å². The van der Waals surface area contributed by atoms with E-state index in [1.807, 2.05) is 0 Å². The van der Waals surface area contributed by atoms with Crippen LogP contribution < -0.4 is 5.32 Å². The topological polar surface area (TPSA) is 15.3 Å². The summed E-state index contributed by atoms with van der Waals surface area (Å²) in [7, 11) is 2.16. The third-order valence-electron chi connectivity index (χ3n) is 1.87. The fraction of sp³-hybridized carbons (Fsp3) is 1.00. The van der Waals surface area contributed by atoms with Gasteiger partial charge in [0.1, 0.15) is 0 Å². The van der Waals surface area contributed by atoms with Crippen LogP contribution in [0.15, 0.2) is 0 Å². The van der Waals surface area contributed by atoms with E-state index in [9.17, 15) is 0 Å². The molecule has 0 radical (unpaired) electrons. The summed E-state index contributed by atoms with van der Waals surface area (Å²) in [5, 5.41) is 3.46. The molecule has 0 aliphatic rings. The molecule has 1 atom stereocenters. The molecule has 2 nitrogen and oxygen atoms in total. The van der Waals surface area contributed by atoms with Crippen molar-refractivity contribution in [3.05, 3.63) is 0 Å². The van der Waals surface area contributed by atoms with Crippen LogP contribution in [0.2, 0.25) is 0 Å². The van der Waals surface area contributed by atoms with Crippen LogP contribution in [0, 0.1) is 0 Å². The number of nitrogens with one attached hydrogen (secondary N) is 1. The molecule has 0 aromatic rings. The second-order valence-electron chi connectivity index (χ2n) is 3.21. The van der Waals surface area contributed by atoms with Gasteiger partial charge in [-0.15, -0.1) is 0 Å². The minimum absolute atomic E-state index is 0.625. The quantitative estimate of drug-likeness (QED) is 0.627. The first-order valence-electron chi connectivity index (χ1n) is 4.62. The van der Waals surface area contributed by atoms with Gasteiger partial charge in [0.25, 0.3) is 0 Å². The summed E-state index contributed by atoms with van der Waals surface area (Å²) < 4.78 is 0. The lowest BCUT2D eigenvalue weighted by molar-refractivity contribution is 0.310. The number of nitrogens with zero attached hydrogens (tertiary/aromatic N) is 1. The third-order valence-corrected chi connectivity index (χ3v) is 1.87. The minimum atomic E-state index is 0.625. The summed E-state index contributed by atoms with van der Waals surface area (Å²) in [5.41, 5.74) is 0. The van der Waals surface area contributed by atoms with Crippen LogP contribution in [-0.4, -0.2) is 37.6 Å². The summed E-state index contributed by atoms with van der Waals surface area (Å²) in [4.78, 5) is 2.33. The molecule has 0 spiro atoms. The molecule has 0 fully saturated rings. The lowest BCUT2D eigenvalue weighted by Crippen LogP contribution is -2.37. The van der Waals surface area contributed by atoms with E-state index < -0.39 is 0 Å². The van der Waals surface area contributed by atoms with E-state index >= 15 is 0 Å². The van der Waals surface area contributed by atoms with Crippen LogP contribution in [0.4, 0.5) is 0 Å². The van der Waals surface area contributed by atoms with Gasteiger partial charge in [-0.05, 0) is 33.5 Å². The van der Waals surface area contributed by atoms with E-state index in [4.69, 9.17) is 0 Å². The van der Waals surface area contributed by atoms with Crippen molar-refractivity contribution in [3.8, 4) is 0 Å². The fourth-order valence-electron chi connectivity index (χ4n) is 1.05. The molecule has 68 valence electrons. The van der Waals surface area contributed by atoms with Crippen LogP contribution in [0.1, 0.15) is 27.2 Å². The van der Waals surface area contributed by atoms with Crippen molar-refractivity contribution < 1.29 is 0 Å². The number of rotatable bonds is 6. The maximum Gasteiger partial charge on any atom is 0.0166 e. The average molecular weight is 158 g/mol. The molecule has 0 rings (SSSR count). The zero-order valence-electron chi connectivity index (χ0n) is 8.35. The van der Waals surface area contributed by atoms with Gasteiger partial charge in [-0.25, -0.2) is 0 Å². The van der Waals surface area contributed by atoms with Crippen molar-refractivity contribution in [1.82, 2.24) is 10.2 Å². The molecule has 1 unspecified atom stereocenters. The SMILES string of the molecule is CCCNC(C)CN(C)CC. The summed E-state index contributed by atoms with van der Waals surface area (Å²) in [6.07, 6.45) is 1.22. The van der Waals surface area contributed by atoms with Crippen molar-refractivity contribution >= 4 is 0 Å². The smallest absolute Gasteiger partial charge is 0.0166 e. The fourth-order valence-corrected chi connectivity index (χ4v) is 1.05. The molecule has 0 amide bonds. The van der Waals surface area contributed by atoms with Gasteiger partial charge in [0, 0.05) is 12.6 Å². The first-order chi connectivity index (χ1) is 5.20. The molecular weight excluding hydrogens is 136 g/mol. The van der Waals surface area contributed by atoms with E-state index in [0.717, 1.165) is 19.6 Å². The predicted molar refractivity (Wildman–Crippen MR) is 50.9 cm³/mol. The molecule has 2 heteroatoms. The Balaban J connectivity index is 3.27. The van der Waals surface area contributed by atoms with Crippen molar-refractivity contribution in [2.75, 3.05) is 26.7 Å². The Kier molecular flexibility index (Phi) is 6.57. The molecule has 0 aliphatic carbocycles. The summed E-state index contributed by atoms with van der Waals surface area (Å²) in [5.74, 6) is 0. The Morgan fingerprint density at radius 1 is 1.36 bits per heavy atom. The van der Waals surface area contributed by atoms with Gasteiger partial charge < -0.3 is 10.2 Å². The van der Waals surface area contributed by atoms with E-state index in [0.29, 0.717) is 6.04 Å². The molecular formula is C9H22N2. The maximum absolute atomic E-state index is 3.46. The van der Waals surface area contributed by atoms with E-state index in [1.165, 1.54) is 6.42 Å². The van der Waals surface area contributed by atoms with Crippen molar-refractivity contribution in [2.45, 2.75) is 33.2 Å². The zero-order valence-corrected chi connectivity index (χ0v) is 8.35. The monoisotopic (exact) mass is 158 g/mol. The molecule has 0 bridgehead atoms. The number of hydrogen-bond donors (Lipinski definition) is 1. The molecule has 0 saturated carbocycles. The molecule has 0 heterocycles. The standard InChI is InChI=1S/C9H22N2/c1-5-7-10-9(3)8-11(4)6-2/h9-10H,5-8H2,1-4H3. The van der Waals surface area contributed by atoms with Gasteiger partial charge in [0.15, 0.2) is 0 Å². The van der Waals surface area contributed by atoms with Gasteiger partial charge in [0.05, 0.1) is 0 Å². The second kappa shape index (κ2) is 6.62. The summed E-state index contributed by atoms with van der Waals surface area (Å²) in [6, 6.07) is 0.625. The predicted octanol–water partition coefficient (Wildman–Crippen LogP) is 1.33. The van der Waals surface area contributed by atoms with Crippen LogP contribution in [0.3, 0.4) is 0 Å². The first-order valence-corrected chi connectivity index (χ1v) is 4.62. The second-order valence-corrected chi connectivity index (χ2v) is 3.21. The van der Waals surface area contributed by atoms with Crippen LogP contribution in [0.5, 0.6) is 0 Å². The Hall–Kier alpha value is -0.0800. The lowest BCUT2D eigenvalue weighted by atomic mass is 10.3. The largest absolute Gasteiger partial charge is 0.313 e. The van der Waals surface area contributed by atoms with Crippen molar-refractivity contribution in [3.63, 3.8) is 0 Å². The van der Waals surface area contributed by atoms with E-state index in [-0.39, 0.29) is 0 Å². The maximum atomic E-state index is 3.46. The number of hydrogen-bond acceptors (Lipinski definition) is 2.